The number of fused-ring (bicyclic) bond motifs is 1. The van der Waals surface area contributed by atoms with Crippen molar-refractivity contribution in [1.29, 1.82) is 0 Å². The first-order valence-corrected chi connectivity index (χ1v) is 7.20. The van der Waals surface area contributed by atoms with Crippen LogP contribution in [0.2, 0.25) is 0 Å². The molecule has 118 valence electrons. The van der Waals surface area contributed by atoms with Crippen LogP contribution in [0, 0.1) is 5.82 Å². The Bertz CT molecular complexity index is 776. The highest BCUT2D eigenvalue weighted by Crippen LogP contribution is 2.31. The third-order valence-electron chi connectivity index (χ3n) is 3.81. The first kappa shape index (κ1) is 15.0. The van der Waals surface area contributed by atoms with Crippen LogP contribution in [0.4, 0.5) is 10.1 Å². The number of phenolic OH excluding ortho intramolecular Hbond substituents is 1. The molecule has 1 atom stereocenters. The first-order chi connectivity index (χ1) is 11.0. The van der Waals surface area contributed by atoms with Gasteiger partial charge in [0.25, 0.3) is 5.91 Å². The van der Waals surface area contributed by atoms with E-state index in [0.717, 1.165) is 17.3 Å². The molecule has 2 amide bonds. The van der Waals surface area contributed by atoms with Gasteiger partial charge >= 0.3 is 0 Å². The molecule has 1 unspecified atom stereocenters. The largest absolute Gasteiger partial charge is 0.508 e. The van der Waals surface area contributed by atoms with Crippen LogP contribution in [0.3, 0.4) is 0 Å². The number of carbonyl (C=O) groups is 2. The molecular formula is C17H15FN2O3. The Hall–Kier alpha value is -2.89. The molecule has 0 saturated heterocycles. The average molecular weight is 314 g/mol. The van der Waals surface area contributed by atoms with Gasteiger partial charge in [-0.25, -0.2) is 4.39 Å². The molecule has 5 nitrogen and oxygen atoms in total. The van der Waals surface area contributed by atoms with Gasteiger partial charge in [0.1, 0.15) is 11.6 Å². The van der Waals surface area contributed by atoms with E-state index >= 15 is 0 Å². The summed E-state index contributed by atoms with van der Waals surface area (Å²) >= 11 is 0. The second kappa shape index (κ2) is 6.08. The van der Waals surface area contributed by atoms with E-state index in [0.29, 0.717) is 0 Å². The smallest absolute Gasteiger partial charge is 0.254 e. The Morgan fingerprint density at radius 1 is 1.30 bits per heavy atom. The Kier molecular flexibility index (Phi) is 3.97. The van der Waals surface area contributed by atoms with E-state index in [1.165, 1.54) is 12.1 Å². The van der Waals surface area contributed by atoms with Gasteiger partial charge in [0.05, 0.1) is 5.56 Å². The molecule has 23 heavy (non-hydrogen) atoms. The van der Waals surface area contributed by atoms with Crippen molar-refractivity contribution in [2.45, 2.75) is 12.3 Å². The third-order valence-corrected chi connectivity index (χ3v) is 3.81. The summed E-state index contributed by atoms with van der Waals surface area (Å²) in [7, 11) is 0. The van der Waals surface area contributed by atoms with Crippen LogP contribution in [0.25, 0.3) is 0 Å². The molecule has 3 N–H and O–H groups in total. The lowest BCUT2D eigenvalue weighted by molar-refractivity contribution is -0.116. The van der Waals surface area contributed by atoms with Crippen molar-refractivity contribution >= 4 is 17.5 Å². The second-order valence-electron chi connectivity index (χ2n) is 5.41. The maximum Gasteiger partial charge on any atom is 0.254 e. The van der Waals surface area contributed by atoms with E-state index in [4.69, 9.17) is 0 Å². The summed E-state index contributed by atoms with van der Waals surface area (Å²) in [6.45, 7) is 0.226. The molecule has 1 aliphatic heterocycles. The van der Waals surface area contributed by atoms with E-state index in [-0.39, 0.29) is 36.1 Å². The number of hydrogen-bond donors (Lipinski definition) is 3. The van der Waals surface area contributed by atoms with Crippen LogP contribution in [0.15, 0.2) is 42.5 Å². The van der Waals surface area contributed by atoms with Crippen LogP contribution in [0.5, 0.6) is 5.75 Å². The number of hydrogen-bond acceptors (Lipinski definition) is 3. The molecule has 6 heteroatoms. The molecule has 1 aliphatic rings. The van der Waals surface area contributed by atoms with Crippen LogP contribution in [-0.2, 0) is 4.79 Å². The zero-order valence-electron chi connectivity index (χ0n) is 12.2. The summed E-state index contributed by atoms with van der Waals surface area (Å²) in [4.78, 5) is 23.8. The number of carbonyl (C=O) groups excluding carboxylic acids is 2. The number of benzene rings is 2. The Balaban J connectivity index is 1.73. The number of anilines is 1. The molecule has 2 aromatic rings. The van der Waals surface area contributed by atoms with Crippen molar-refractivity contribution in [3.8, 4) is 5.75 Å². The zero-order chi connectivity index (χ0) is 16.4. The fourth-order valence-corrected chi connectivity index (χ4v) is 2.68. The minimum absolute atomic E-state index is 0.112. The lowest BCUT2D eigenvalue weighted by atomic mass is 9.90. The van der Waals surface area contributed by atoms with Gasteiger partial charge in [-0.1, -0.05) is 18.2 Å². The Labute approximate surface area is 132 Å². The fraction of sp³-hybridized carbons (Fsp3) is 0.176. The molecule has 0 bridgehead atoms. The summed E-state index contributed by atoms with van der Waals surface area (Å²) in [6.07, 6.45) is 0.259. The monoisotopic (exact) mass is 314 g/mol. The van der Waals surface area contributed by atoms with Gasteiger partial charge < -0.3 is 15.7 Å². The Morgan fingerprint density at radius 2 is 2.09 bits per heavy atom. The van der Waals surface area contributed by atoms with Crippen molar-refractivity contribution in [2.75, 3.05) is 11.9 Å². The quantitative estimate of drug-likeness (QED) is 0.814. The molecule has 0 saturated carbocycles. The van der Waals surface area contributed by atoms with Gasteiger partial charge in [0, 0.05) is 30.6 Å². The highest BCUT2D eigenvalue weighted by Gasteiger charge is 2.25. The van der Waals surface area contributed by atoms with Gasteiger partial charge in [0.15, 0.2) is 0 Å². The number of para-hydroxylation sites is 1. The summed E-state index contributed by atoms with van der Waals surface area (Å²) in [5.41, 5.74) is 1.54. The number of rotatable bonds is 3. The standard InChI is InChI=1S/C17H15FN2O3/c18-14-8-11(21)5-6-13(14)17(23)19-9-10-7-16(22)20-15-4-2-1-3-12(10)15/h1-6,8,10,21H,7,9H2,(H,19,23)(H,20,22). The molecule has 0 aliphatic carbocycles. The topological polar surface area (TPSA) is 78.4 Å². The van der Waals surface area contributed by atoms with E-state index in [2.05, 4.69) is 10.6 Å². The average Bonchev–Trinajstić information content (AvgIpc) is 2.52. The molecule has 0 spiro atoms. The van der Waals surface area contributed by atoms with E-state index in [1.54, 1.807) is 6.07 Å². The number of phenols is 1. The van der Waals surface area contributed by atoms with Crippen LogP contribution in [0.1, 0.15) is 28.3 Å². The summed E-state index contributed by atoms with van der Waals surface area (Å²) in [5, 5.41) is 14.6. The lowest BCUT2D eigenvalue weighted by Crippen LogP contribution is -2.33. The van der Waals surface area contributed by atoms with E-state index < -0.39 is 11.7 Å². The van der Waals surface area contributed by atoms with E-state index in [1.807, 2.05) is 18.2 Å². The summed E-state index contributed by atoms with van der Waals surface area (Å²) in [5.74, 6) is -1.88. The van der Waals surface area contributed by atoms with Crippen LogP contribution >= 0.6 is 0 Å². The van der Waals surface area contributed by atoms with Crippen molar-refractivity contribution in [2.24, 2.45) is 0 Å². The highest BCUT2D eigenvalue weighted by atomic mass is 19.1. The van der Waals surface area contributed by atoms with Gasteiger partial charge in [-0.2, -0.15) is 0 Å². The van der Waals surface area contributed by atoms with Crippen LogP contribution in [-0.4, -0.2) is 23.5 Å². The van der Waals surface area contributed by atoms with Gasteiger partial charge in [-0.15, -0.1) is 0 Å². The highest BCUT2D eigenvalue weighted by molar-refractivity contribution is 5.96. The first-order valence-electron chi connectivity index (χ1n) is 7.20. The number of nitrogens with one attached hydrogen (secondary N) is 2. The fourth-order valence-electron chi connectivity index (χ4n) is 2.68. The third kappa shape index (κ3) is 3.15. The molecule has 1 heterocycles. The molecule has 2 aromatic carbocycles. The number of aromatic hydroxyl groups is 1. The molecule has 0 fully saturated rings. The van der Waals surface area contributed by atoms with Crippen molar-refractivity contribution in [3.05, 3.63) is 59.4 Å². The van der Waals surface area contributed by atoms with Gasteiger partial charge in [-0.3, -0.25) is 9.59 Å². The minimum Gasteiger partial charge on any atom is -0.508 e. The van der Waals surface area contributed by atoms with Crippen molar-refractivity contribution < 1.29 is 19.1 Å². The molecule has 0 radical (unpaired) electrons. The summed E-state index contributed by atoms with van der Waals surface area (Å²) in [6, 6.07) is 10.8. The minimum atomic E-state index is -0.788. The Morgan fingerprint density at radius 3 is 2.87 bits per heavy atom. The van der Waals surface area contributed by atoms with Crippen molar-refractivity contribution in [1.82, 2.24) is 5.32 Å². The SMILES string of the molecule is O=C1CC(CNC(=O)c2ccc(O)cc2F)c2ccccc2N1. The maximum absolute atomic E-state index is 13.7. The van der Waals surface area contributed by atoms with Gasteiger partial charge in [-0.05, 0) is 23.8 Å². The zero-order valence-corrected chi connectivity index (χ0v) is 12.2. The normalized spacial score (nSPS) is 16.4. The predicted molar refractivity (Wildman–Crippen MR) is 82.8 cm³/mol. The van der Waals surface area contributed by atoms with Crippen LogP contribution < -0.4 is 10.6 Å². The number of halogens is 1. The predicted octanol–water partition coefficient (Wildman–Crippen LogP) is 2.39. The lowest BCUT2D eigenvalue weighted by Gasteiger charge is -2.25. The molecule has 0 aromatic heterocycles. The summed E-state index contributed by atoms with van der Waals surface area (Å²) < 4.78 is 13.7. The molecule has 3 rings (SSSR count). The number of amides is 2. The van der Waals surface area contributed by atoms with Gasteiger partial charge in [0.2, 0.25) is 5.91 Å². The second-order valence-corrected chi connectivity index (χ2v) is 5.41. The molecular weight excluding hydrogens is 299 g/mol. The maximum atomic E-state index is 13.7. The van der Waals surface area contributed by atoms with Crippen molar-refractivity contribution in [3.63, 3.8) is 0 Å². The van der Waals surface area contributed by atoms with E-state index in [9.17, 15) is 19.1 Å².